The predicted octanol–water partition coefficient (Wildman–Crippen LogP) is -6.40. The van der Waals surface area contributed by atoms with E-state index in [2.05, 4.69) is 0 Å². The summed E-state index contributed by atoms with van der Waals surface area (Å²) >= 11 is 0. The molecule has 0 rings (SSSR count). The molecule has 0 aliphatic rings. The molecule has 38 heavy (non-hydrogen) atoms. The molecule has 0 radical (unpaired) electrons. The van der Waals surface area contributed by atoms with Gasteiger partial charge in [-0.2, -0.15) is 13.2 Å². The topological polar surface area (TPSA) is 199 Å². The third kappa shape index (κ3) is 10.3. The maximum absolute atomic E-state index is 13.1. The molecule has 0 heterocycles. The van der Waals surface area contributed by atoms with Crippen LogP contribution in [0.4, 0.5) is 13.2 Å². The van der Waals surface area contributed by atoms with Gasteiger partial charge in [-0.15, -0.1) is 5.54 Å². The summed E-state index contributed by atoms with van der Waals surface area (Å²) in [4.78, 5) is 28.6. The van der Waals surface area contributed by atoms with Crippen molar-refractivity contribution >= 4 is 115 Å². The number of alkyl halides is 3. The van der Waals surface area contributed by atoms with Gasteiger partial charge in [-0.1, -0.05) is 33.9 Å². The van der Waals surface area contributed by atoms with Crippen LogP contribution in [0.25, 0.3) is 0 Å². The highest BCUT2D eigenvalue weighted by molar-refractivity contribution is 7.76. The lowest BCUT2D eigenvalue weighted by molar-refractivity contribution is -0.0696. The van der Waals surface area contributed by atoms with E-state index >= 15 is 0 Å². The van der Waals surface area contributed by atoms with Crippen molar-refractivity contribution in [2.24, 2.45) is 0 Å². The van der Waals surface area contributed by atoms with Crippen molar-refractivity contribution < 1.29 is 67.0 Å². The van der Waals surface area contributed by atoms with E-state index < -0.39 is 126 Å². The fraction of sp³-hybridized carbons (Fsp3) is 0.778. The second kappa shape index (κ2) is 15.9. The van der Waals surface area contributed by atoms with Gasteiger partial charge in [0, 0.05) is 5.92 Å². The number of hydrogen-bond acceptors (Lipinski definition) is 12. The molecule has 0 saturated heterocycles. The maximum atomic E-state index is 13.1. The average molecular weight is 778 g/mol. The van der Waals surface area contributed by atoms with Gasteiger partial charge in [0.05, 0.1) is 0 Å². The molecule has 0 aromatic carbocycles. The van der Waals surface area contributed by atoms with Gasteiger partial charge in [0.25, 0.3) is 10.0 Å². The van der Waals surface area contributed by atoms with Crippen molar-refractivity contribution in [3.63, 3.8) is 0 Å². The van der Waals surface area contributed by atoms with Gasteiger partial charge in [0.15, 0.2) is 34.7 Å². The molecule has 29 heteroatoms. The summed E-state index contributed by atoms with van der Waals surface area (Å²) in [6.07, 6.45) is -4.92. The normalized spacial score (nSPS) is 16.9. The molecular formula is C9H27F3O12Si14. The van der Waals surface area contributed by atoms with Crippen LogP contribution < -0.4 is 0 Å². The molecule has 0 saturated carbocycles. The molecule has 0 aliphatic carbocycles. The van der Waals surface area contributed by atoms with Crippen LogP contribution in [0.3, 0.4) is 0 Å². The van der Waals surface area contributed by atoms with Gasteiger partial charge in [-0.25, -0.2) is 0 Å². The van der Waals surface area contributed by atoms with Gasteiger partial charge in [0.2, 0.25) is 16.2 Å². The molecule has 0 aromatic heterocycles. The van der Waals surface area contributed by atoms with Crippen LogP contribution in [0.1, 0.15) is 20.8 Å². The van der Waals surface area contributed by atoms with E-state index in [1.807, 2.05) is 5.54 Å². The highest BCUT2D eigenvalue weighted by Crippen LogP contribution is 2.36. The molecule has 0 amide bonds. The number of halogens is 3. The molecular weight excluding hydrogens is 750 g/mol. The van der Waals surface area contributed by atoms with Crippen molar-refractivity contribution in [2.45, 2.75) is 45.1 Å². The third-order valence-corrected chi connectivity index (χ3v) is 115. The highest BCUT2D eigenvalue weighted by Gasteiger charge is 2.56. The van der Waals surface area contributed by atoms with E-state index in [1.165, 1.54) is 27.3 Å². The monoisotopic (exact) mass is 776 g/mol. The molecule has 0 fully saturated rings. The summed E-state index contributed by atoms with van der Waals surface area (Å²) in [7, 11) is -39.9. The molecule has 0 aromatic rings. The average Bonchev–Trinajstić information content (AvgIpc) is 2.84. The smallest absolute Gasteiger partial charge is 0.457 e. The van der Waals surface area contributed by atoms with Gasteiger partial charge in [-0.05, 0) is 5.04 Å². The van der Waals surface area contributed by atoms with Crippen LogP contribution in [0.15, 0.2) is 0 Å². The summed E-state index contributed by atoms with van der Waals surface area (Å²) in [6, 6.07) is 0. The molecule has 0 spiro atoms. The molecule has 2 unspecified atom stereocenters. The third-order valence-electron chi connectivity index (χ3n) is 5.79. The van der Waals surface area contributed by atoms with Crippen molar-refractivity contribution in [1.29, 1.82) is 0 Å². The van der Waals surface area contributed by atoms with Crippen LogP contribution in [0.2, 0.25) is 18.1 Å². The lowest BCUT2D eigenvalue weighted by atomic mass is 10.2. The molecule has 0 aliphatic heterocycles. The van der Waals surface area contributed by atoms with E-state index in [9.17, 15) is 54.0 Å². The Bertz CT molecular complexity index is 1080. The molecule has 2 atom stereocenters. The molecule has 12 nitrogen and oxygen atoms in total. The number of hydrogen-bond donors (Lipinski definition) is 3. The van der Waals surface area contributed by atoms with Crippen molar-refractivity contribution in [1.82, 2.24) is 0 Å². The minimum atomic E-state index is -4.92. The van der Waals surface area contributed by atoms with E-state index in [0.29, 0.717) is 0 Å². The Morgan fingerprint density at radius 3 is 1.68 bits per heavy atom. The first-order chi connectivity index (χ1) is 17.2. The van der Waals surface area contributed by atoms with Crippen LogP contribution in [-0.4, -0.2) is 135 Å². The molecule has 3 N–H and O–H groups in total. The lowest BCUT2D eigenvalue weighted by Gasteiger charge is -2.32. The first kappa shape index (κ1) is 38.8. The predicted molar refractivity (Wildman–Crippen MR) is 152 cm³/mol. The van der Waals surface area contributed by atoms with E-state index in [0.717, 1.165) is 5.92 Å². The standard InChI is InChI=1S/C9H27F3O12Si14/c1-8(2,3)37(5,7-6-9(10,11)12)36(22)35(21)34(20)33(19)32(18)31(17)30(16)28-23-29(4)38(26-14,27-15)24-25-13/h13-15,29H,25-28H2,1-5H3. The summed E-state index contributed by atoms with van der Waals surface area (Å²) in [6.45, 7) is 4.11. The molecule has 0 bridgehead atoms. The highest BCUT2D eigenvalue weighted by atomic mass is 30.0. The fourth-order valence-electron chi connectivity index (χ4n) is 2.61. The van der Waals surface area contributed by atoms with Gasteiger partial charge < -0.3 is 53.9 Å². The van der Waals surface area contributed by atoms with Crippen LogP contribution in [0, 0.1) is 11.5 Å². The zero-order valence-electron chi connectivity index (χ0n) is 21.1. The van der Waals surface area contributed by atoms with E-state index in [1.54, 1.807) is 6.55 Å². The van der Waals surface area contributed by atoms with E-state index in [4.69, 9.17) is 13.0 Å². The Kier molecular flexibility index (Phi) is 16.2. The first-order valence-corrected chi connectivity index (χ1v) is 45.4. The van der Waals surface area contributed by atoms with Crippen LogP contribution >= 0.6 is 0 Å². The quantitative estimate of drug-likeness (QED) is 0.105. The SMILES string of the molecule is C[SiH](O[SiH2][Si](=O)[Si](=O)[Si](=O)[Si](=O)[Si](=O)[Si](=O)[Si](=O)[Si](C)(C#CC(F)(F)F)C(C)(C)C)[Si](O[SiH2]O)([SiH2]O)[SiH2]O. The number of rotatable bonds is 15. The Morgan fingerprint density at radius 1 is 0.842 bits per heavy atom. The Morgan fingerprint density at radius 2 is 1.29 bits per heavy atom. The largest absolute Gasteiger partial charge is 0.460 e. The first-order valence-electron chi connectivity index (χ1n) is 10.6. The van der Waals surface area contributed by atoms with Crippen molar-refractivity contribution in [3.05, 3.63) is 0 Å². The zero-order chi connectivity index (χ0) is 30.3. The maximum Gasteiger partial charge on any atom is 0.457 e. The van der Waals surface area contributed by atoms with Crippen molar-refractivity contribution in [2.75, 3.05) is 0 Å². The van der Waals surface area contributed by atoms with Gasteiger partial charge in [-0.3, -0.25) is 0 Å². The van der Waals surface area contributed by atoms with Gasteiger partial charge in [0.1, 0.15) is 0 Å². The van der Waals surface area contributed by atoms with Gasteiger partial charge >= 0.3 is 60.2 Å². The summed E-state index contributed by atoms with van der Waals surface area (Å²) in [5, 5.41) is -1.11. The summed E-state index contributed by atoms with van der Waals surface area (Å²) in [5.41, 5.74) is 1.96. The fourth-order valence-corrected chi connectivity index (χ4v) is 129. The zero-order valence-corrected chi connectivity index (χ0v) is 36.9. The Hall–Kier alpha value is 0.786. The second-order valence-electron chi connectivity index (χ2n) is 9.13. The second-order valence-corrected chi connectivity index (χ2v) is 82.5. The minimum absolute atomic E-state index is 1.05. The Labute approximate surface area is 237 Å². The van der Waals surface area contributed by atoms with Crippen molar-refractivity contribution in [3.8, 4) is 11.5 Å². The molecule has 212 valence electrons. The van der Waals surface area contributed by atoms with Crippen LogP contribution in [0.5, 0.6) is 0 Å². The summed E-state index contributed by atoms with van der Waals surface area (Å²) in [5.74, 6) is 1.05. The minimum Gasteiger partial charge on any atom is -0.460 e. The van der Waals surface area contributed by atoms with E-state index in [-0.39, 0.29) is 0 Å². The Balaban J connectivity index is 5.70. The lowest BCUT2D eigenvalue weighted by Crippen LogP contribution is -2.66. The van der Waals surface area contributed by atoms with Crippen LogP contribution in [-0.2, 0) is 39.5 Å². The summed E-state index contributed by atoms with van der Waals surface area (Å²) < 4.78 is 138.